The zero-order valence-corrected chi connectivity index (χ0v) is 13.9. The topological polar surface area (TPSA) is 64.4 Å². The van der Waals surface area contributed by atoms with Gasteiger partial charge in [-0.1, -0.05) is 30.3 Å². The summed E-state index contributed by atoms with van der Waals surface area (Å²) in [5.41, 5.74) is 1.72. The molecule has 1 fully saturated rings. The maximum absolute atomic E-state index is 12.6. The standard InChI is InChI=1S/C16H21N3O3S/c1-2-18-11-15(10-17-18)16-12-19(8-9-22-16)23(20,21)13-14-6-4-3-5-7-14/h3-7,10-11,16H,2,8-9,12-13H2,1H3/t16-/m1/s1. The minimum atomic E-state index is -3.35. The maximum Gasteiger partial charge on any atom is 0.218 e. The summed E-state index contributed by atoms with van der Waals surface area (Å²) < 4.78 is 34.4. The van der Waals surface area contributed by atoms with E-state index in [0.717, 1.165) is 17.7 Å². The van der Waals surface area contributed by atoms with Crippen molar-refractivity contribution >= 4 is 10.0 Å². The van der Waals surface area contributed by atoms with Crippen LogP contribution in [0.2, 0.25) is 0 Å². The molecule has 124 valence electrons. The number of aryl methyl sites for hydroxylation is 1. The van der Waals surface area contributed by atoms with E-state index in [-0.39, 0.29) is 11.9 Å². The van der Waals surface area contributed by atoms with E-state index in [2.05, 4.69) is 5.10 Å². The second-order valence-corrected chi connectivity index (χ2v) is 7.56. The van der Waals surface area contributed by atoms with Crippen molar-refractivity contribution in [2.75, 3.05) is 19.7 Å². The van der Waals surface area contributed by atoms with Gasteiger partial charge in [-0.15, -0.1) is 0 Å². The Labute approximate surface area is 136 Å². The summed E-state index contributed by atoms with van der Waals surface area (Å²) in [6, 6.07) is 9.26. The van der Waals surface area contributed by atoms with Crippen molar-refractivity contribution in [1.82, 2.24) is 14.1 Å². The van der Waals surface area contributed by atoms with Crippen molar-refractivity contribution in [3.63, 3.8) is 0 Å². The first-order chi connectivity index (χ1) is 11.1. The van der Waals surface area contributed by atoms with E-state index in [9.17, 15) is 8.42 Å². The highest BCUT2D eigenvalue weighted by molar-refractivity contribution is 7.88. The normalized spacial score (nSPS) is 19.8. The Balaban J connectivity index is 1.72. The van der Waals surface area contributed by atoms with Gasteiger partial charge < -0.3 is 4.74 Å². The highest BCUT2D eigenvalue weighted by atomic mass is 32.2. The summed E-state index contributed by atoms with van der Waals surface area (Å²) in [5, 5.41) is 4.23. The molecule has 1 saturated heterocycles. The van der Waals surface area contributed by atoms with Crippen molar-refractivity contribution in [2.24, 2.45) is 0 Å². The number of nitrogens with zero attached hydrogens (tertiary/aromatic N) is 3. The predicted octanol–water partition coefficient (Wildman–Crippen LogP) is 1.81. The maximum atomic E-state index is 12.6. The Hall–Kier alpha value is -1.70. The van der Waals surface area contributed by atoms with Gasteiger partial charge in [0.15, 0.2) is 0 Å². The minimum absolute atomic E-state index is 0.0226. The molecule has 0 amide bonds. The van der Waals surface area contributed by atoms with Gasteiger partial charge in [0.1, 0.15) is 0 Å². The molecule has 1 aromatic heterocycles. The second-order valence-electron chi connectivity index (χ2n) is 5.59. The Bertz CT molecular complexity index is 743. The molecule has 1 aromatic carbocycles. The van der Waals surface area contributed by atoms with E-state index in [1.54, 1.807) is 6.20 Å². The fourth-order valence-corrected chi connectivity index (χ4v) is 4.19. The van der Waals surface area contributed by atoms with E-state index < -0.39 is 10.0 Å². The number of hydrogen-bond donors (Lipinski definition) is 0. The Morgan fingerprint density at radius 2 is 2.09 bits per heavy atom. The number of ether oxygens (including phenoxy) is 1. The number of sulfonamides is 1. The average molecular weight is 335 g/mol. The smallest absolute Gasteiger partial charge is 0.218 e. The molecule has 0 bridgehead atoms. The van der Waals surface area contributed by atoms with Gasteiger partial charge in [0.2, 0.25) is 10.0 Å². The van der Waals surface area contributed by atoms with Crippen LogP contribution in [0.3, 0.4) is 0 Å². The van der Waals surface area contributed by atoms with Gasteiger partial charge in [-0.05, 0) is 12.5 Å². The fourth-order valence-electron chi connectivity index (χ4n) is 2.67. The van der Waals surface area contributed by atoms with Crippen LogP contribution in [-0.4, -0.2) is 42.2 Å². The number of rotatable bonds is 5. The van der Waals surface area contributed by atoms with E-state index >= 15 is 0 Å². The van der Waals surface area contributed by atoms with E-state index in [1.807, 2.05) is 48.1 Å². The summed E-state index contributed by atoms with van der Waals surface area (Å²) in [6.45, 7) is 3.92. The molecule has 1 aliphatic rings. The van der Waals surface area contributed by atoms with Gasteiger partial charge in [0.25, 0.3) is 0 Å². The van der Waals surface area contributed by atoms with Gasteiger partial charge in [-0.3, -0.25) is 4.68 Å². The molecule has 1 atom stereocenters. The van der Waals surface area contributed by atoms with Crippen molar-refractivity contribution in [3.8, 4) is 0 Å². The Morgan fingerprint density at radius 1 is 1.30 bits per heavy atom. The molecule has 0 aliphatic carbocycles. The second kappa shape index (κ2) is 6.82. The lowest BCUT2D eigenvalue weighted by Gasteiger charge is -2.31. The highest BCUT2D eigenvalue weighted by Crippen LogP contribution is 2.24. The largest absolute Gasteiger partial charge is 0.371 e. The van der Waals surface area contributed by atoms with E-state index in [0.29, 0.717) is 19.7 Å². The first kappa shape index (κ1) is 16.2. The molecule has 0 N–H and O–H groups in total. The molecular weight excluding hydrogens is 314 g/mol. The quantitative estimate of drug-likeness (QED) is 0.836. The lowest BCUT2D eigenvalue weighted by atomic mass is 10.2. The molecule has 6 nitrogen and oxygen atoms in total. The monoisotopic (exact) mass is 335 g/mol. The summed E-state index contributed by atoms with van der Waals surface area (Å²) in [5.74, 6) is 0.0226. The average Bonchev–Trinajstić information content (AvgIpc) is 3.05. The Morgan fingerprint density at radius 3 is 2.78 bits per heavy atom. The molecule has 0 saturated carbocycles. The van der Waals surface area contributed by atoms with Gasteiger partial charge in [-0.25, -0.2) is 8.42 Å². The Kier molecular flexibility index (Phi) is 4.79. The molecule has 23 heavy (non-hydrogen) atoms. The van der Waals surface area contributed by atoms with Crippen molar-refractivity contribution in [2.45, 2.75) is 25.3 Å². The zero-order chi connectivity index (χ0) is 16.3. The lowest BCUT2D eigenvalue weighted by molar-refractivity contribution is -0.00265. The molecule has 2 heterocycles. The van der Waals surface area contributed by atoms with Gasteiger partial charge in [0, 0.05) is 31.4 Å². The summed E-state index contributed by atoms with van der Waals surface area (Å²) in [4.78, 5) is 0. The van der Waals surface area contributed by atoms with Crippen LogP contribution in [0.5, 0.6) is 0 Å². The molecule has 0 spiro atoms. The van der Waals surface area contributed by atoms with Crippen LogP contribution in [0.25, 0.3) is 0 Å². The van der Waals surface area contributed by atoms with E-state index in [1.165, 1.54) is 4.31 Å². The van der Waals surface area contributed by atoms with Crippen molar-refractivity contribution in [3.05, 3.63) is 53.9 Å². The summed E-state index contributed by atoms with van der Waals surface area (Å²) in [6.07, 6.45) is 3.41. The minimum Gasteiger partial charge on any atom is -0.371 e. The molecule has 7 heteroatoms. The van der Waals surface area contributed by atoms with Crippen molar-refractivity contribution in [1.29, 1.82) is 0 Å². The number of benzene rings is 1. The van der Waals surface area contributed by atoms with Crippen LogP contribution in [0.1, 0.15) is 24.2 Å². The predicted molar refractivity (Wildman–Crippen MR) is 87.2 cm³/mol. The van der Waals surface area contributed by atoms with Gasteiger partial charge >= 0.3 is 0 Å². The van der Waals surface area contributed by atoms with Crippen LogP contribution in [0.4, 0.5) is 0 Å². The fraction of sp³-hybridized carbons (Fsp3) is 0.438. The third-order valence-electron chi connectivity index (χ3n) is 3.96. The SMILES string of the molecule is CCn1cc([C@H]2CN(S(=O)(=O)Cc3ccccc3)CCO2)cn1. The first-order valence-electron chi connectivity index (χ1n) is 7.74. The molecule has 0 radical (unpaired) electrons. The molecule has 2 aromatic rings. The number of aromatic nitrogens is 2. The third-order valence-corrected chi connectivity index (χ3v) is 5.78. The summed E-state index contributed by atoms with van der Waals surface area (Å²) >= 11 is 0. The molecule has 3 rings (SSSR count). The zero-order valence-electron chi connectivity index (χ0n) is 13.1. The van der Waals surface area contributed by atoms with Crippen molar-refractivity contribution < 1.29 is 13.2 Å². The van der Waals surface area contributed by atoms with Crippen LogP contribution >= 0.6 is 0 Å². The van der Waals surface area contributed by atoms with E-state index in [4.69, 9.17) is 4.74 Å². The third kappa shape index (κ3) is 3.80. The van der Waals surface area contributed by atoms with Crippen LogP contribution in [-0.2, 0) is 27.1 Å². The number of morpholine rings is 1. The van der Waals surface area contributed by atoms with Crippen LogP contribution in [0, 0.1) is 0 Å². The van der Waals surface area contributed by atoms with Gasteiger partial charge in [0.05, 0.1) is 24.7 Å². The highest BCUT2D eigenvalue weighted by Gasteiger charge is 2.30. The van der Waals surface area contributed by atoms with Crippen LogP contribution < -0.4 is 0 Å². The van der Waals surface area contributed by atoms with Gasteiger partial charge in [-0.2, -0.15) is 9.40 Å². The molecule has 0 unspecified atom stereocenters. The summed E-state index contributed by atoms with van der Waals surface area (Å²) in [7, 11) is -3.35. The first-order valence-corrected chi connectivity index (χ1v) is 9.35. The lowest BCUT2D eigenvalue weighted by Crippen LogP contribution is -2.42. The molecule has 1 aliphatic heterocycles. The number of hydrogen-bond acceptors (Lipinski definition) is 4. The molecular formula is C16H21N3O3S. The van der Waals surface area contributed by atoms with Crippen LogP contribution in [0.15, 0.2) is 42.7 Å².